The molecule has 0 aromatic carbocycles. The lowest BCUT2D eigenvalue weighted by atomic mass is 10.1. The van der Waals surface area contributed by atoms with E-state index in [0.717, 1.165) is 12.8 Å². The van der Waals surface area contributed by atoms with E-state index in [1.165, 1.54) is 28.1 Å². The molecule has 2 aromatic heterocycles. The number of aromatic nitrogens is 3. The fourth-order valence-corrected chi connectivity index (χ4v) is 5.53. The van der Waals surface area contributed by atoms with Gasteiger partial charge in [-0.3, -0.25) is 9.88 Å². The van der Waals surface area contributed by atoms with Crippen LogP contribution in [0.15, 0.2) is 82.5 Å². The fourth-order valence-electron chi connectivity index (χ4n) is 4.33. The normalized spacial score (nSPS) is 19.3. The molecule has 2 aromatic rings. The number of amides is 2. The van der Waals surface area contributed by atoms with Crippen LogP contribution < -0.4 is 0 Å². The number of halogens is 3. The van der Waals surface area contributed by atoms with Crippen LogP contribution in [0.3, 0.4) is 0 Å². The van der Waals surface area contributed by atoms with Crippen molar-refractivity contribution in [3.63, 3.8) is 0 Å². The summed E-state index contributed by atoms with van der Waals surface area (Å²) in [4.78, 5) is 20.9. The molecule has 1 atom stereocenters. The number of carbonyl (C=O) groups is 1. The molecule has 0 spiro atoms. The highest BCUT2D eigenvalue weighted by atomic mass is 32.2. The molecule has 3 heterocycles. The maximum Gasteiger partial charge on any atom is 0.470 e. The third-order valence-corrected chi connectivity index (χ3v) is 8.61. The van der Waals surface area contributed by atoms with Crippen LogP contribution >= 0.6 is 0 Å². The van der Waals surface area contributed by atoms with E-state index in [4.69, 9.17) is 9.15 Å². The van der Waals surface area contributed by atoms with Crippen molar-refractivity contribution in [1.82, 2.24) is 25.0 Å². The van der Waals surface area contributed by atoms with E-state index < -0.39 is 27.9 Å². The maximum atomic E-state index is 13.7. The van der Waals surface area contributed by atoms with Crippen LogP contribution in [0.25, 0.3) is 11.5 Å². The molecular weight excluding hydrogens is 599 g/mol. The molecular formula is C30H34F3N5O5S. The van der Waals surface area contributed by atoms with Gasteiger partial charge in [0.25, 0.3) is 0 Å². The number of hydrogen-bond donors (Lipinski definition) is 0. The largest absolute Gasteiger partial charge is 0.470 e. The molecule has 4 rings (SSSR count). The molecule has 0 saturated carbocycles. The monoisotopic (exact) mass is 633 g/mol. The third-order valence-electron chi connectivity index (χ3n) is 7.00. The van der Waals surface area contributed by atoms with Gasteiger partial charge in [-0.25, -0.2) is 13.2 Å². The molecule has 1 aliphatic carbocycles. The minimum atomic E-state index is -4.78. The number of alkyl halides is 3. The molecule has 0 radical (unpaired) electrons. The summed E-state index contributed by atoms with van der Waals surface area (Å²) in [7, 11) is -3.22. The van der Waals surface area contributed by atoms with Gasteiger partial charge in [0.15, 0.2) is 9.84 Å². The first kappa shape index (κ1) is 32.7. The summed E-state index contributed by atoms with van der Waals surface area (Å²) >= 11 is 0. The zero-order chi connectivity index (χ0) is 32.1. The molecule has 2 amide bonds. The van der Waals surface area contributed by atoms with Gasteiger partial charge in [-0.2, -0.15) is 13.2 Å². The summed E-state index contributed by atoms with van der Waals surface area (Å²) in [5.74, 6) is -0.382. The summed E-state index contributed by atoms with van der Waals surface area (Å²) in [5, 5.41) is 6.47. The quantitative estimate of drug-likeness (QED) is 0.255. The van der Waals surface area contributed by atoms with Gasteiger partial charge in [-0.1, -0.05) is 19.6 Å². The first-order chi connectivity index (χ1) is 20.7. The van der Waals surface area contributed by atoms with E-state index in [1.54, 1.807) is 19.1 Å². The van der Waals surface area contributed by atoms with Crippen molar-refractivity contribution in [2.24, 2.45) is 5.92 Å². The number of sulfone groups is 1. The van der Waals surface area contributed by atoms with E-state index >= 15 is 0 Å². The van der Waals surface area contributed by atoms with Crippen molar-refractivity contribution in [2.75, 3.05) is 24.6 Å². The van der Waals surface area contributed by atoms with Crippen LogP contribution in [-0.4, -0.2) is 64.0 Å². The smallest absolute Gasteiger partial charge is 0.457 e. The standard InChI is InChI=1S/C30H34F3N5O5S/c1-20(2)26(42-25-7-5-6-21(3)8-12-25)13-9-22(4)38(29(39)37-14-16-44(40,41)17-15-37)19-24-11-10-23(18-34-24)27-35-36-28(43-27)30(31,32)33/h5,7,9-13,18,21H,1,6,8,14-17,19H2,2-4H3/b22-9+,26-13+. The van der Waals surface area contributed by atoms with E-state index in [-0.39, 0.29) is 42.6 Å². The predicted molar refractivity (Wildman–Crippen MR) is 157 cm³/mol. The lowest BCUT2D eigenvalue weighted by molar-refractivity contribution is -0.156. The number of urea groups is 1. The summed E-state index contributed by atoms with van der Waals surface area (Å²) in [6.07, 6.45) is 7.75. The zero-order valence-electron chi connectivity index (χ0n) is 24.7. The van der Waals surface area contributed by atoms with Crippen LogP contribution in [0.5, 0.6) is 0 Å². The van der Waals surface area contributed by atoms with Crippen LogP contribution in [0.4, 0.5) is 18.0 Å². The van der Waals surface area contributed by atoms with Gasteiger partial charge in [0.05, 0.1) is 29.3 Å². The number of allylic oxidation sites excluding steroid dienone is 7. The SMILES string of the molecule is C=C(C)/C(=C\C=C(/C)N(Cc1ccc(-c2nnc(C(F)(F)F)o2)cn1)C(=O)N1CCS(=O)(=O)CC1)OC1=CCC(C)CC=C1. The average molecular weight is 634 g/mol. The van der Waals surface area contributed by atoms with Crippen LogP contribution in [0, 0.1) is 5.92 Å². The van der Waals surface area contributed by atoms with Gasteiger partial charge in [0.1, 0.15) is 11.5 Å². The first-order valence-electron chi connectivity index (χ1n) is 13.9. The Morgan fingerprint density at radius 2 is 1.91 bits per heavy atom. The average Bonchev–Trinajstić information content (AvgIpc) is 3.39. The highest BCUT2D eigenvalue weighted by molar-refractivity contribution is 7.91. The second-order valence-corrected chi connectivity index (χ2v) is 13.1. The van der Waals surface area contributed by atoms with Crippen molar-refractivity contribution in [3.8, 4) is 11.5 Å². The minimum absolute atomic E-state index is 0.00872. The Hall–Kier alpha value is -4.20. The van der Waals surface area contributed by atoms with Gasteiger partial charge >= 0.3 is 18.1 Å². The van der Waals surface area contributed by atoms with Gasteiger partial charge in [-0.15, -0.1) is 10.2 Å². The Bertz CT molecular complexity index is 1590. The molecule has 14 heteroatoms. The van der Waals surface area contributed by atoms with Crippen molar-refractivity contribution < 1.29 is 35.5 Å². The third kappa shape index (κ3) is 8.68. The van der Waals surface area contributed by atoms with Crippen LogP contribution in [-0.2, 0) is 27.3 Å². The lowest BCUT2D eigenvalue weighted by Crippen LogP contribution is -2.49. The molecule has 1 fully saturated rings. The summed E-state index contributed by atoms with van der Waals surface area (Å²) in [5.41, 5.74) is 1.78. The number of nitrogens with zero attached hydrogens (tertiary/aromatic N) is 5. The van der Waals surface area contributed by atoms with Crippen molar-refractivity contribution in [3.05, 3.63) is 89.7 Å². The zero-order valence-corrected chi connectivity index (χ0v) is 25.5. The molecule has 2 aliphatic rings. The molecule has 0 N–H and O–H groups in total. The number of rotatable bonds is 8. The molecule has 1 saturated heterocycles. The first-order valence-corrected chi connectivity index (χ1v) is 15.8. The van der Waals surface area contributed by atoms with E-state index in [2.05, 4.69) is 34.8 Å². The van der Waals surface area contributed by atoms with Gasteiger partial charge in [-0.05, 0) is 74.6 Å². The highest BCUT2D eigenvalue weighted by Gasteiger charge is 2.38. The van der Waals surface area contributed by atoms with E-state index in [1.807, 2.05) is 19.1 Å². The fraction of sp³-hybridized carbons (Fsp3) is 0.400. The van der Waals surface area contributed by atoms with Crippen molar-refractivity contribution in [2.45, 2.75) is 46.3 Å². The Balaban J connectivity index is 1.59. The van der Waals surface area contributed by atoms with Crippen LogP contribution in [0.1, 0.15) is 45.2 Å². The summed E-state index contributed by atoms with van der Waals surface area (Å²) in [6.45, 7) is 9.79. The van der Waals surface area contributed by atoms with Gasteiger partial charge in [0, 0.05) is 25.0 Å². The van der Waals surface area contributed by atoms with Gasteiger partial charge in [0.2, 0.25) is 5.89 Å². The number of ether oxygens (including phenoxy) is 1. The number of carbonyl (C=O) groups excluding carboxylic acids is 1. The van der Waals surface area contributed by atoms with E-state index in [0.29, 0.717) is 34.4 Å². The molecule has 1 unspecified atom stereocenters. The minimum Gasteiger partial charge on any atom is -0.457 e. The number of pyridine rings is 1. The Morgan fingerprint density at radius 1 is 1.18 bits per heavy atom. The molecule has 0 bridgehead atoms. The predicted octanol–water partition coefficient (Wildman–Crippen LogP) is 6.05. The Labute approximate surface area is 254 Å². The highest BCUT2D eigenvalue weighted by Crippen LogP contribution is 2.30. The summed E-state index contributed by atoms with van der Waals surface area (Å²) in [6, 6.07) is 2.58. The topological polar surface area (TPSA) is 119 Å². The number of hydrogen-bond acceptors (Lipinski definition) is 8. The maximum absolute atomic E-state index is 13.7. The summed E-state index contributed by atoms with van der Waals surface area (Å²) < 4.78 is 73.4. The Kier molecular flexibility index (Phi) is 10.1. The van der Waals surface area contributed by atoms with E-state index in [9.17, 15) is 26.4 Å². The molecule has 10 nitrogen and oxygen atoms in total. The van der Waals surface area contributed by atoms with Crippen LogP contribution in [0.2, 0.25) is 0 Å². The molecule has 1 aliphatic heterocycles. The van der Waals surface area contributed by atoms with Crippen molar-refractivity contribution >= 4 is 15.9 Å². The van der Waals surface area contributed by atoms with Gasteiger partial charge < -0.3 is 14.1 Å². The second kappa shape index (κ2) is 13.6. The second-order valence-electron chi connectivity index (χ2n) is 10.8. The lowest BCUT2D eigenvalue weighted by Gasteiger charge is -2.33. The van der Waals surface area contributed by atoms with Crippen molar-refractivity contribution in [1.29, 1.82) is 0 Å². The Morgan fingerprint density at radius 3 is 2.52 bits per heavy atom. The molecule has 236 valence electrons. The molecule has 44 heavy (non-hydrogen) atoms.